The third-order valence-electron chi connectivity index (χ3n) is 4.00. The molecule has 2 aromatic rings. The topological polar surface area (TPSA) is 38.3 Å². The van der Waals surface area contributed by atoms with Gasteiger partial charge < -0.3 is 10.1 Å². The zero-order valence-corrected chi connectivity index (χ0v) is 15.7. The van der Waals surface area contributed by atoms with Crippen LogP contribution in [0.2, 0.25) is 5.02 Å². The van der Waals surface area contributed by atoms with Crippen LogP contribution in [0.3, 0.4) is 0 Å². The lowest BCUT2D eigenvalue weighted by atomic mass is 10.1. The molecule has 4 heteroatoms. The van der Waals surface area contributed by atoms with Crippen LogP contribution in [0, 0.1) is 6.92 Å². The molecule has 1 N–H and O–H groups in total. The summed E-state index contributed by atoms with van der Waals surface area (Å²) in [7, 11) is 0. The molecule has 0 spiro atoms. The Kier molecular flexibility index (Phi) is 7.80. The lowest BCUT2D eigenvalue weighted by Gasteiger charge is -2.09. The van der Waals surface area contributed by atoms with Gasteiger partial charge in [-0.15, -0.1) is 0 Å². The Labute approximate surface area is 155 Å². The Bertz CT molecular complexity index is 683. The van der Waals surface area contributed by atoms with Gasteiger partial charge in [0.25, 0.3) is 0 Å². The minimum atomic E-state index is 0.0113. The molecular formula is C21H26ClNO2. The molecule has 0 atom stereocenters. The molecule has 0 aliphatic heterocycles. The van der Waals surface area contributed by atoms with Crippen LogP contribution < -0.4 is 10.1 Å². The van der Waals surface area contributed by atoms with Crippen LogP contribution in [0.15, 0.2) is 42.5 Å². The number of rotatable bonds is 9. The minimum Gasteiger partial charge on any atom is -0.494 e. The van der Waals surface area contributed by atoms with Gasteiger partial charge >= 0.3 is 0 Å². The van der Waals surface area contributed by atoms with Gasteiger partial charge in [-0.1, -0.05) is 37.1 Å². The molecule has 0 saturated carbocycles. The minimum absolute atomic E-state index is 0.0113. The lowest BCUT2D eigenvalue weighted by Crippen LogP contribution is -2.12. The van der Waals surface area contributed by atoms with E-state index in [1.54, 1.807) is 0 Å². The molecule has 2 rings (SSSR count). The predicted molar refractivity (Wildman–Crippen MR) is 105 cm³/mol. The largest absolute Gasteiger partial charge is 0.494 e. The first-order valence-corrected chi connectivity index (χ1v) is 9.24. The molecule has 0 fully saturated rings. The lowest BCUT2D eigenvalue weighted by molar-refractivity contribution is -0.116. The summed E-state index contributed by atoms with van der Waals surface area (Å²) in [5.41, 5.74) is 3.14. The van der Waals surface area contributed by atoms with Crippen molar-refractivity contribution in [2.75, 3.05) is 11.9 Å². The van der Waals surface area contributed by atoms with Crippen molar-refractivity contribution < 1.29 is 9.53 Å². The summed E-state index contributed by atoms with van der Waals surface area (Å²) < 4.78 is 5.66. The van der Waals surface area contributed by atoms with E-state index in [2.05, 4.69) is 24.4 Å². The number of hydrogen-bond acceptors (Lipinski definition) is 2. The van der Waals surface area contributed by atoms with Gasteiger partial charge in [0.1, 0.15) is 5.75 Å². The second-order valence-corrected chi connectivity index (χ2v) is 6.62. The van der Waals surface area contributed by atoms with Crippen molar-refractivity contribution in [3.05, 3.63) is 58.6 Å². The Morgan fingerprint density at radius 1 is 1.12 bits per heavy atom. The summed E-state index contributed by atoms with van der Waals surface area (Å²) in [4.78, 5) is 12.0. The molecule has 0 heterocycles. The molecule has 1 amide bonds. The number of aryl methyl sites for hydroxylation is 2. The second-order valence-electron chi connectivity index (χ2n) is 6.21. The standard InChI is InChI=1S/C21H26ClNO2/c1-3-4-6-17-8-10-18(11-9-17)23-21(24)7-5-14-25-19-12-13-20(22)16(2)15-19/h8-13,15H,3-7,14H2,1-2H3,(H,23,24). The van der Waals surface area contributed by atoms with Crippen molar-refractivity contribution in [1.82, 2.24) is 0 Å². The summed E-state index contributed by atoms with van der Waals surface area (Å²) in [5.74, 6) is 0.794. The molecule has 2 aromatic carbocycles. The number of ether oxygens (including phenoxy) is 1. The van der Waals surface area contributed by atoms with Crippen LogP contribution in [0.4, 0.5) is 5.69 Å². The van der Waals surface area contributed by atoms with Crippen LogP contribution in [0.25, 0.3) is 0 Å². The number of anilines is 1. The molecule has 0 radical (unpaired) electrons. The van der Waals surface area contributed by atoms with Crippen LogP contribution in [-0.2, 0) is 11.2 Å². The van der Waals surface area contributed by atoms with Crippen molar-refractivity contribution in [3.8, 4) is 5.75 Å². The number of halogens is 1. The van der Waals surface area contributed by atoms with Crippen LogP contribution in [0.5, 0.6) is 5.75 Å². The van der Waals surface area contributed by atoms with Gasteiger partial charge in [-0.2, -0.15) is 0 Å². The summed E-state index contributed by atoms with van der Waals surface area (Å²) in [6, 6.07) is 13.7. The Hall–Kier alpha value is -2.00. The summed E-state index contributed by atoms with van der Waals surface area (Å²) in [5, 5.41) is 3.66. The predicted octanol–water partition coefficient (Wildman–Crippen LogP) is 5.79. The molecule has 0 saturated heterocycles. The summed E-state index contributed by atoms with van der Waals surface area (Å²) in [6.07, 6.45) is 4.58. The van der Waals surface area contributed by atoms with Crippen LogP contribution in [0.1, 0.15) is 43.7 Å². The number of unbranched alkanes of at least 4 members (excludes halogenated alkanes) is 1. The van der Waals surface area contributed by atoms with Gasteiger partial charge in [-0.25, -0.2) is 0 Å². The number of carbonyl (C=O) groups excluding carboxylic acids is 1. The average molecular weight is 360 g/mol. The molecule has 0 aliphatic rings. The monoisotopic (exact) mass is 359 g/mol. The van der Waals surface area contributed by atoms with Crippen molar-refractivity contribution in [1.29, 1.82) is 0 Å². The third-order valence-corrected chi connectivity index (χ3v) is 4.43. The second kappa shape index (κ2) is 10.1. The highest BCUT2D eigenvalue weighted by Crippen LogP contribution is 2.21. The van der Waals surface area contributed by atoms with Crippen LogP contribution in [-0.4, -0.2) is 12.5 Å². The molecule has 0 aromatic heterocycles. The SMILES string of the molecule is CCCCc1ccc(NC(=O)CCCOc2ccc(Cl)c(C)c2)cc1. The van der Waals surface area contributed by atoms with Gasteiger partial charge in [0.05, 0.1) is 6.61 Å². The Morgan fingerprint density at radius 3 is 2.56 bits per heavy atom. The van der Waals surface area contributed by atoms with E-state index in [-0.39, 0.29) is 5.91 Å². The first-order valence-electron chi connectivity index (χ1n) is 8.86. The van der Waals surface area contributed by atoms with Crippen molar-refractivity contribution in [2.45, 2.75) is 46.0 Å². The average Bonchev–Trinajstić information content (AvgIpc) is 2.61. The smallest absolute Gasteiger partial charge is 0.224 e. The molecule has 0 aliphatic carbocycles. The van der Waals surface area contributed by atoms with Crippen molar-refractivity contribution in [3.63, 3.8) is 0 Å². The molecule has 0 unspecified atom stereocenters. The molecule has 25 heavy (non-hydrogen) atoms. The molecular weight excluding hydrogens is 334 g/mol. The van der Waals surface area contributed by atoms with Gasteiger partial charge in [0.2, 0.25) is 5.91 Å². The van der Waals surface area contributed by atoms with E-state index in [4.69, 9.17) is 16.3 Å². The van der Waals surface area contributed by atoms with E-state index in [0.717, 1.165) is 28.4 Å². The third kappa shape index (κ3) is 6.79. The first-order chi connectivity index (χ1) is 12.1. The van der Waals surface area contributed by atoms with E-state index >= 15 is 0 Å². The van der Waals surface area contributed by atoms with Gasteiger partial charge in [-0.05, 0) is 67.6 Å². The maximum Gasteiger partial charge on any atom is 0.224 e. The fourth-order valence-electron chi connectivity index (χ4n) is 2.49. The van der Waals surface area contributed by atoms with Gasteiger partial charge in [-0.3, -0.25) is 4.79 Å². The van der Waals surface area contributed by atoms with E-state index in [1.165, 1.54) is 18.4 Å². The zero-order valence-electron chi connectivity index (χ0n) is 15.0. The van der Waals surface area contributed by atoms with E-state index in [9.17, 15) is 4.79 Å². The fraction of sp³-hybridized carbons (Fsp3) is 0.381. The highest BCUT2D eigenvalue weighted by molar-refractivity contribution is 6.31. The highest BCUT2D eigenvalue weighted by atomic mass is 35.5. The number of hydrogen-bond donors (Lipinski definition) is 1. The molecule has 3 nitrogen and oxygen atoms in total. The number of benzene rings is 2. The summed E-state index contributed by atoms with van der Waals surface area (Å²) >= 11 is 5.99. The maximum atomic E-state index is 12.0. The highest BCUT2D eigenvalue weighted by Gasteiger charge is 2.04. The molecule has 0 bridgehead atoms. The normalized spacial score (nSPS) is 10.5. The van der Waals surface area contributed by atoms with Crippen LogP contribution >= 0.6 is 11.6 Å². The zero-order chi connectivity index (χ0) is 18.1. The first kappa shape index (κ1) is 19.3. The van der Waals surface area contributed by atoms with Crippen molar-refractivity contribution in [2.24, 2.45) is 0 Å². The van der Waals surface area contributed by atoms with E-state index in [0.29, 0.717) is 19.4 Å². The van der Waals surface area contributed by atoms with E-state index in [1.807, 2.05) is 37.3 Å². The Morgan fingerprint density at radius 2 is 1.88 bits per heavy atom. The van der Waals surface area contributed by atoms with Gasteiger partial charge in [0.15, 0.2) is 0 Å². The van der Waals surface area contributed by atoms with Gasteiger partial charge in [0, 0.05) is 17.1 Å². The Balaban J connectivity index is 1.69. The molecule has 134 valence electrons. The van der Waals surface area contributed by atoms with Crippen molar-refractivity contribution >= 4 is 23.2 Å². The summed E-state index contributed by atoms with van der Waals surface area (Å²) in [6.45, 7) is 4.63. The van der Waals surface area contributed by atoms with E-state index < -0.39 is 0 Å². The number of nitrogens with one attached hydrogen (secondary N) is 1. The fourth-order valence-corrected chi connectivity index (χ4v) is 2.61. The number of carbonyl (C=O) groups is 1. The number of amides is 1. The quantitative estimate of drug-likeness (QED) is 0.575. The maximum absolute atomic E-state index is 12.0.